The lowest BCUT2D eigenvalue weighted by Gasteiger charge is -2.30. The predicted molar refractivity (Wildman–Crippen MR) is 170 cm³/mol. The summed E-state index contributed by atoms with van der Waals surface area (Å²) in [5.74, 6) is 0.890. The van der Waals surface area contributed by atoms with Crippen LogP contribution in [0.15, 0.2) is 73.4 Å². The highest BCUT2D eigenvalue weighted by molar-refractivity contribution is 6.35. The Balaban J connectivity index is 0.000000676. The maximum Gasteiger partial charge on any atom is 0.291 e. The van der Waals surface area contributed by atoms with Gasteiger partial charge in [0, 0.05) is 41.3 Å². The molecule has 16 nitrogen and oxygen atoms in total. The molecule has 1 saturated heterocycles. The average molecular weight is 695 g/mol. The van der Waals surface area contributed by atoms with E-state index >= 15 is 0 Å². The van der Waals surface area contributed by atoms with Crippen molar-refractivity contribution in [2.45, 2.75) is 38.7 Å². The molecule has 252 valence electrons. The fourth-order valence-corrected chi connectivity index (χ4v) is 4.92. The van der Waals surface area contributed by atoms with E-state index in [-0.39, 0.29) is 6.10 Å². The van der Waals surface area contributed by atoms with Gasteiger partial charge in [-0.15, -0.1) is 20.2 Å². The Morgan fingerprint density at radius 1 is 1.11 bits per heavy atom. The molecule has 2 aromatic carbocycles. The van der Waals surface area contributed by atoms with Crippen molar-refractivity contribution in [3.05, 3.63) is 109 Å². The number of nitrogens with one attached hydrogen (secondary N) is 1. The molecule has 2 atom stereocenters. The summed E-state index contributed by atoms with van der Waals surface area (Å²) in [6, 6.07) is 15.0. The third kappa shape index (κ3) is 12.2. The number of benzene rings is 2. The van der Waals surface area contributed by atoms with Gasteiger partial charge in [-0.25, -0.2) is 15.0 Å². The summed E-state index contributed by atoms with van der Waals surface area (Å²) in [6.45, 7) is 6.28. The number of anilines is 1. The minimum Gasteiger partial charge on any atom is -0.491 e. The van der Waals surface area contributed by atoms with E-state index in [2.05, 4.69) is 34.1 Å². The normalized spacial score (nSPS) is 16.7. The van der Waals surface area contributed by atoms with E-state index in [4.69, 9.17) is 68.1 Å². The van der Waals surface area contributed by atoms with Crippen molar-refractivity contribution in [1.29, 1.82) is 0 Å². The molecule has 47 heavy (non-hydrogen) atoms. The highest BCUT2D eigenvalue weighted by atomic mass is 35.5. The molecule has 3 heterocycles. The Labute approximate surface area is 279 Å². The van der Waals surface area contributed by atoms with Gasteiger partial charge in [0.05, 0.1) is 30.2 Å². The van der Waals surface area contributed by atoms with E-state index in [1.165, 1.54) is 0 Å². The zero-order valence-electron chi connectivity index (χ0n) is 25.3. The number of aromatic nitrogens is 4. The maximum atomic E-state index is 8.36. The number of nitrogens with zero attached hydrogens (tertiary/aromatic N) is 6. The average Bonchev–Trinajstić information content (AvgIpc) is 3.66. The van der Waals surface area contributed by atoms with Crippen LogP contribution < -0.4 is 10.1 Å². The van der Waals surface area contributed by atoms with Gasteiger partial charge >= 0.3 is 0 Å². The molecular formula is C29H33Cl2N7O9. The Morgan fingerprint density at radius 3 is 2.43 bits per heavy atom. The van der Waals surface area contributed by atoms with Gasteiger partial charge in [0.25, 0.3) is 10.2 Å². The van der Waals surface area contributed by atoms with Crippen molar-refractivity contribution >= 4 is 29.2 Å². The van der Waals surface area contributed by atoms with Crippen LogP contribution in [0, 0.1) is 26.1 Å². The first-order chi connectivity index (χ1) is 22.4. The first kappa shape index (κ1) is 36.7. The lowest BCUT2D eigenvalue weighted by molar-refractivity contribution is -0.742. The number of halogens is 2. The van der Waals surface area contributed by atoms with Crippen LogP contribution in [0.25, 0.3) is 11.3 Å². The first-order valence-corrected chi connectivity index (χ1v) is 14.8. The molecule has 3 N–H and O–H groups in total. The predicted octanol–water partition coefficient (Wildman–Crippen LogP) is 5.76. The van der Waals surface area contributed by atoms with Crippen molar-refractivity contribution in [2.75, 3.05) is 25.1 Å². The van der Waals surface area contributed by atoms with Gasteiger partial charge < -0.3 is 34.5 Å². The fourth-order valence-electron chi connectivity index (χ4n) is 4.36. The van der Waals surface area contributed by atoms with Crippen LogP contribution in [0.3, 0.4) is 0 Å². The van der Waals surface area contributed by atoms with Crippen molar-refractivity contribution < 1.29 is 34.8 Å². The molecule has 0 saturated carbocycles. The van der Waals surface area contributed by atoms with Crippen LogP contribution in [0.1, 0.15) is 25.8 Å². The Hall–Kier alpha value is -4.77. The molecule has 1 aliphatic heterocycles. The summed E-state index contributed by atoms with van der Waals surface area (Å²) < 4.78 is 20.7. The summed E-state index contributed by atoms with van der Waals surface area (Å²) in [6.07, 6.45) is 7.80. The molecule has 5 rings (SSSR count). The smallest absolute Gasteiger partial charge is 0.291 e. The van der Waals surface area contributed by atoms with Crippen molar-refractivity contribution in [3.8, 4) is 17.0 Å². The molecule has 4 aromatic rings. The number of hydrogen-bond donors (Lipinski definition) is 3. The number of ether oxygens (including phenoxy) is 3. The number of imidazole rings is 1. The summed E-state index contributed by atoms with van der Waals surface area (Å²) >= 11 is 12.7. The second kappa shape index (κ2) is 17.8. The second-order valence-electron chi connectivity index (χ2n) is 10.3. The Kier molecular flexibility index (Phi) is 13.9. The number of rotatable bonds is 11. The highest BCUT2D eigenvalue weighted by Crippen LogP contribution is 2.40. The van der Waals surface area contributed by atoms with Crippen LogP contribution in [0.5, 0.6) is 5.75 Å². The Bertz CT molecular complexity index is 1560. The van der Waals surface area contributed by atoms with Gasteiger partial charge in [-0.2, -0.15) is 0 Å². The minimum absolute atomic E-state index is 0.304. The highest BCUT2D eigenvalue weighted by Gasteiger charge is 2.45. The molecule has 0 amide bonds. The van der Waals surface area contributed by atoms with Crippen molar-refractivity contribution in [3.63, 3.8) is 0 Å². The summed E-state index contributed by atoms with van der Waals surface area (Å²) in [5, 5.41) is 31.6. The summed E-state index contributed by atoms with van der Waals surface area (Å²) in [7, 11) is 0. The van der Waals surface area contributed by atoms with Crippen LogP contribution in [-0.2, 0) is 21.8 Å². The van der Waals surface area contributed by atoms with Gasteiger partial charge in [0.1, 0.15) is 18.5 Å². The minimum atomic E-state index is -1.50. The van der Waals surface area contributed by atoms with Crippen LogP contribution in [0.4, 0.5) is 5.95 Å². The van der Waals surface area contributed by atoms with Crippen LogP contribution in [-0.4, -0.2) is 66.0 Å². The molecule has 1 fully saturated rings. The molecular weight excluding hydrogens is 661 g/mol. The van der Waals surface area contributed by atoms with Crippen LogP contribution in [0.2, 0.25) is 10.0 Å². The zero-order chi connectivity index (χ0) is 34.4. The quantitative estimate of drug-likeness (QED) is 0.126. The molecule has 2 unspecified atom stereocenters. The van der Waals surface area contributed by atoms with Gasteiger partial charge in [0.2, 0.25) is 11.7 Å². The van der Waals surface area contributed by atoms with Gasteiger partial charge in [0.15, 0.2) is 0 Å². The summed E-state index contributed by atoms with van der Waals surface area (Å²) in [5.41, 5.74) is 2.53. The zero-order valence-corrected chi connectivity index (χ0v) is 26.8. The molecule has 0 radical (unpaired) electrons. The van der Waals surface area contributed by atoms with Gasteiger partial charge in [-0.3, -0.25) is 0 Å². The van der Waals surface area contributed by atoms with E-state index in [1.807, 2.05) is 47.2 Å². The van der Waals surface area contributed by atoms with E-state index < -0.39 is 16.0 Å². The number of hydrogen-bond acceptors (Lipinski definition) is 11. The molecule has 0 bridgehead atoms. The first-order valence-electron chi connectivity index (χ1n) is 14.1. The fraction of sp³-hybridized carbons (Fsp3) is 0.345. The SMILES string of the molecule is CC(C)CCNc1nccc(-c2ccc(OCC3COC(Cn4ccnc4)(c4ccc(Cl)cc4Cl)O3)cc2)n1.O=[N+]([O-])O.O=[N+]([O-])O. The molecule has 0 aliphatic carbocycles. The standard InChI is InChI=1S/C29H31Cl2N5O3.2HNO3/c1-20(2)9-11-33-28-34-12-10-27(35-28)21-3-6-23(7-4-21)37-16-24-17-38-29(39-24,18-36-14-13-32-19-36)25-8-5-22(30)15-26(25)31;2*2-1(3)4/h3-8,10,12-15,19-20,24H,9,11,16-18H2,1-2H3,(H,33,34,35);2*(H,2,3,4). The third-order valence-electron chi connectivity index (χ3n) is 6.40. The Morgan fingerprint density at radius 2 is 1.81 bits per heavy atom. The van der Waals surface area contributed by atoms with Crippen molar-refractivity contribution in [1.82, 2.24) is 19.5 Å². The van der Waals surface area contributed by atoms with E-state index in [0.717, 1.165) is 30.0 Å². The van der Waals surface area contributed by atoms with E-state index in [0.29, 0.717) is 47.2 Å². The lowest BCUT2D eigenvalue weighted by atomic mass is 10.1. The van der Waals surface area contributed by atoms with Crippen LogP contribution >= 0.6 is 23.2 Å². The van der Waals surface area contributed by atoms with Gasteiger partial charge in [-0.1, -0.05) is 43.1 Å². The van der Waals surface area contributed by atoms with E-state index in [1.54, 1.807) is 30.9 Å². The lowest BCUT2D eigenvalue weighted by Crippen LogP contribution is -2.34. The van der Waals surface area contributed by atoms with Crippen molar-refractivity contribution in [2.24, 2.45) is 5.92 Å². The monoisotopic (exact) mass is 693 g/mol. The topological polar surface area (TPSA) is 210 Å². The van der Waals surface area contributed by atoms with E-state index in [9.17, 15) is 0 Å². The molecule has 1 aliphatic rings. The molecule has 0 spiro atoms. The maximum absolute atomic E-state index is 8.36. The summed E-state index contributed by atoms with van der Waals surface area (Å²) in [4.78, 5) is 29.8. The second-order valence-corrected chi connectivity index (χ2v) is 11.2. The largest absolute Gasteiger partial charge is 0.491 e. The molecule has 18 heteroatoms. The molecule has 2 aromatic heterocycles. The van der Waals surface area contributed by atoms with Gasteiger partial charge in [-0.05, 0) is 54.8 Å². The third-order valence-corrected chi connectivity index (χ3v) is 6.94.